The molecule has 0 aliphatic carbocycles. The van der Waals surface area contributed by atoms with Crippen molar-refractivity contribution in [2.45, 2.75) is 63.8 Å². The highest BCUT2D eigenvalue weighted by Gasteiger charge is 2.44. The zero-order chi connectivity index (χ0) is 21.7. The Morgan fingerprint density at radius 1 is 1.21 bits per heavy atom. The Morgan fingerprint density at radius 2 is 1.79 bits per heavy atom. The van der Waals surface area contributed by atoms with E-state index in [1.165, 1.54) is 4.31 Å². The monoisotopic (exact) mass is 421 g/mol. The van der Waals surface area contributed by atoms with Gasteiger partial charge >= 0.3 is 0 Å². The van der Waals surface area contributed by atoms with E-state index < -0.39 is 15.4 Å². The van der Waals surface area contributed by atoms with Crippen LogP contribution >= 0.6 is 0 Å². The van der Waals surface area contributed by atoms with Crippen LogP contribution in [-0.2, 0) is 25.0 Å². The molecule has 1 fully saturated rings. The molecule has 0 saturated carbocycles. The molecule has 0 radical (unpaired) electrons. The Morgan fingerprint density at radius 3 is 2.34 bits per heavy atom. The maximum absolute atomic E-state index is 13.3. The molecule has 1 saturated heterocycles. The topological polar surface area (TPSA) is 86.8 Å². The lowest BCUT2D eigenvalue weighted by Gasteiger charge is -2.31. The second kappa shape index (κ2) is 7.40. The zero-order valence-corrected chi connectivity index (χ0v) is 18.9. The number of carbonyl (C=O) groups is 2. The average Bonchev–Trinajstić information content (AvgIpc) is 2.82. The molecule has 0 bridgehead atoms. The van der Waals surface area contributed by atoms with Crippen molar-refractivity contribution in [3.05, 3.63) is 23.3 Å². The van der Waals surface area contributed by atoms with Gasteiger partial charge in [-0.25, -0.2) is 8.42 Å². The first-order valence-corrected chi connectivity index (χ1v) is 11.5. The fraction of sp³-hybridized carbons (Fsp3) is 0.619. The molecule has 160 valence electrons. The Balaban J connectivity index is 1.85. The van der Waals surface area contributed by atoms with Gasteiger partial charge in [0.1, 0.15) is 0 Å². The van der Waals surface area contributed by atoms with Crippen molar-refractivity contribution in [3.8, 4) is 0 Å². The molecule has 1 aromatic carbocycles. The predicted molar refractivity (Wildman–Crippen MR) is 112 cm³/mol. The van der Waals surface area contributed by atoms with Gasteiger partial charge in [0.05, 0.1) is 16.0 Å². The van der Waals surface area contributed by atoms with E-state index in [0.717, 1.165) is 16.8 Å². The first-order chi connectivity index (χ1) is 13.4. The molecule has 1 aromatic rings. The number of carbonyl (C=O) groups excluding carboxylic acids is 2. The normalized spacial score (nSPS) is 20.2. The van der Waals surface area contributed by atoms with Gasteiger partial charge in [0, 0.05) is 32.1 Å². The van der Waals surface area contributed by atoms with Gasteiger partial charge in [-0.1, -0.05) is 0 Å². The number of piperidine rings is 1. The minimum Gasteiger partial charge on any atom is -0.354 e. The van der Waals surface area contributed by atoms with E-state index in [2.05, 4.69) is 5.32 Å². The first-order valence-electron chi connectivity index (χ1n) is 10.1. The Hall–Kier alpha value is -1.93. The summed E-state index contributed by atoms with van der Waals surface area (Å²) in [5.41, 5.74) is 1.55. The molecule has 2 aliphatic heterocycles. The fourth-order valence-corrected chi connectivity index (χ4v) is 5.94. The molecule has 3 rings (SSSR count). The Kier molecular flexibility index (Phi) is 5.55. The van der Waals surface area contributed by atoms with Gasteiger partial charge in [-0.2, -0.15) is 4.31 Å². The third-order valence-corrected chi connectivity index (χ3v) is 7.89. The number of benzene rings is 1. The Bertz CT molecular complexity index is 945. The number of nitrogens with zero attached hydrogens (tertiary/aromatic N) is 2. The number of hydrogen-bond acceptors (Lipinski definition) is 4. The van der Waals surface area contributed by atoms with Crippen molar-refractivity contribution in [2.75, 3.05) is 25.0 Å². The van der Waals surface area contributed by atoms with E-state index in [1.54, 1.807) is 24.1 Å². The molecule has 7 nitrogen and oxygen atoms in total. The standard InChI is InChI=1S/C21H31N3O4S/c1-13(2)22-19(25)15-7-9-24(10-8-15)29(27,28)16-11-14(3)18-17(12-16)21(4,5)20(26)23(18)6/h11-13,15H,7-10H2,1-6H3,(H,22,25). The number of fused-ring (bicyclic) bond motifs is 1. The van der Waals surface area contributed by atoms with Gasteiger partial charge in [-0.15, -0.1) is 0 Å². The molecule has 0 aromatic heterocycles. The number of hydrogen-bond donors (Lipinski definition) is 1. The van der Waals surface area contributed by atoms with Crippen molar-refractivity contribution in [2.24, 2.45) is 5.92 Å². The van der Waals surface area contributed by atoms with E-state index in [1.807, 2.05) is 34.6 Å². The second-order valence-electron chi connectivity index (χ2n) is 8.97. The third-order valence-electron chi connectivity index (χ3n) is 6.02. The SMILES string of the molecule is Cc1cc(S(=O)(=O)N2CCC(C(=O)NC(C)C)CC2)cc2c1N(C)C(=O)C2(C)C. The summed E-state index contributed by atoms with van der Waals surface area (Å²) in [6, 6.07) is 3.37. The molecule has 29 heavy (non-hydrogen) atoms. The zero-order valence-electron chi connectivity index (χ0n) is 18.1. The van der Waals surface area contributed by atoms with E-state index in [4.69, 9.17) is 0 Å². The highest BCUT2D eigenvalue weighted by Crippen LogP contribution is 2.44. The molecule has 0 spiro atoms. The van der Waals surface area contributed by atoms with E-state index >= 15 is 0 Å². The van der Waals surface area contributed by atoms with Crippen LogP contribution in [0.15, 0.2) is 17.0 Å². The molecule has 1 N–H and O–H groups in total. The summed E-state index contributed by atoms with van der Waals surface area (Å²) in [5.74, 6) is -0.202. The Labute approximate surface area is 173 Å². The molecule has 2 aliphatic rings. The summed E-state index contributed by atoms with van der Waals surface area (Å²) >= 11 is 0. The summed E-state index contributed by atoms with van der Waals surface area (Å²) < 4.78 is 28.0. The third kappa shape index (κ3) is 3.68. The minimum atomic E-state index is -3.69. The maximum Gasteiger partial charge on any atom is 0.243 e. The van der Waals surface area contributed by atoms with Crippen molar-refractivity contribution in [1.82, 2.24) is 9.62 Å². The molecule has 2 heterocycles. The maximum atomic E-state index is 13.3. The van der Waals surface area contributed by atoms with Crippen LogP contribution in [0.3, 0.4) is 0 Å². The predicted octanol–water partition coefficient (Wildman–Crippen LogP) is 2.17. The number of sulfonamides is 1. The molecular formula is C21H31N3O4S. The van der Waals surface area contributed by atoms with Gasteiger partial charge in [-0.3, -0.25) is 9.59 Å². The molecule has 0 atom stereocenters. The molecular weight excluding hydrogens is 390 g/mol. The summed E-state index contributed by atoms with van der Waals surface area (Å²) in [5, 5.41) is 2.91. The highest BCUT2D eigenvalue weighted by atomic mass is 32.2. The van der Waals surface area contributed by atoms with Gasteiger partial charge in [-0.05, 0) is 70.7 Å². The largest absolute Gasteiger partial charge is 0.354 e. The van der Waals surface area contributed by atoms with Gasteiger partial charge < -0.3 is 10.2 Å². The lowest BCUT2D eigenvalue weighted by Crippen LogP contribution is -2.44. The van der Waals surface area contributed by atoms with Crippen LogP contribution in [-0.4, -0.2) is 50.7 Å². The van der Waals surface area contributed by atoms with Crippen LogP contribution in [0.4, 0.5) is 5.69 Å². The summed E-state index contributed by atoms with van der Waals surface area (Å²) in [7, 11) is -1.97. The average molecular weight is 422 g/mol. The van der Waals surface area contributed by atoms with Crippen molar-refractivity contribution in [1.29, 1.82) is 0 Å². The van der Waals surface area contributed by atoms with Crippen LogP contribution in [0, 0.1) is 12.8 Å². The quantitative estimate of drug-likeness (QED) is 0.807. The van der Waals surface area contributed by atoms with Crippen LogP contribution in [0.2, 0.25) is 0 Å². The number of likely N-dealkylation sites (N-methyl/N-ethyl adjacent to an activating group) is 1. The van der Waals surface area contributed by atoms with Crippen LogP contribution < -0.4 is 10.2 Å². The van der Waals surface area contributed by atoms with Crippen LogP contribution in [0.25, 0.3) is 0 Å². The summed E-state index contributed by atoms with van der Waals surface area (Å²) in [6.45, 7) is 9.95. The second-order valence-corrected chi connectivity index (χ2v) is 10.9. The summed E-state index contributed by atoms with van der Waals surface area (Å²) in [6.07, 6.45) is 1.02. The number of amides is 2. The van der Waals surface area contributed by atoms with Crippen molar-refractivity contribution < 1.29 is 18.0 Å². The smallest absolute Gasteiger partial charge is 0.243 e. The number of rotatable bonds is 4. The van der Waals surface area contributed by atoms with E-state index in [9.17, 15) is 18.0 Å². The number of anilines is 1. The summed E-state index contributed by atoms with van der Waals surface area (Å²) in [4.78, 5) is 26.7. The van der Waals surface area contributed by atoms with Gasteiger partial charge in [0.15, 0.2) is 0 Å². The molecule has 8 heteroatoms. The number of nitrogens with one attached hydrogen (secondary N) is 1. The van der Waals surface area contributed by atoms with Crippen LogP contribution in [0.5, 0.6) is 0 Å². The van der Waals surface area contributed by atoms with Crippen LogP contribution in [0.1, 0.15) is 51.7 Å². The lowest BCUT2D eigenvalue weighted by molar-refractivity contribution is -0.126. The lowest BCUT2D eigenvalue weighted by atomic mass is 9.85. The van der Waals surface area contributed by atoms with Crippen molar-refractivity contribution in [3.63, 3.8) is 0 Å². The van der Waals surface area contributed by atoms with Gasteiger partial charge in [0.2, 0.25) is 21.8 Å². The van der Waals surface area contributed by atoms with E-state index in [0.29, 0.717) is 25.9 Å². The van der Waals surface area contributed by atoms with Crippen molar-refractivity contribution >= 4 is 27.5 Å². The number of aryl methyl sites for hydroxylation is 1. The minimum absolute atomic E-state index is 0.00581. The fourth-order valence-electron chi connectivity index (χ4n) is 4.36. The highest BCUT2D eigenvalue weighted by molar-refractivity contribution is 7.89. The van der Waals surface area contributed by atoms with Gasteiger partial charge in [0.25, 0.3) is 0 Å². The van der Waals surface area contributed by atoms with E-state index in [-0.39, 0.29) is 28.7 Å². The first kappa shape index (κ1) is 21.8. The molecule has 2 amide bonds. The molecule has 0 unspecified atom stereocenters.